The average Bonchev–Trinajstić information content (AvgIpc) is 2.84. The fraction of sp³-hybridized carbons (Fsp3) is 0.0714. The number of benzene rings is 4. The average molecular weight is 500 g/mol. The smallest absolute Gasteiger partial charge is 0.420 e. The first kappa shape index (κ1) is 24.9. The number of ether oxygens (including phenoxy) is 2. The van der Waals surface area contributed by atoms with Gasteiger partial charge in [-0.15, -0.1) is 0 Å². The van der Waals surface area contributed by atoms with Gasteiger partial charge in [0.15, 0.2) is 0 Å². The van der Waals surface area contributed by atoms with Crippen molar-refractivity contribution in [1.29, 1.82) is 0 Å². The molecule has 4 rings (SSSR count). The molecule has 0 spiro atoms. The summed E-state index contributed by atoms with van der Waals surface area (Å²) in [5, 5.41) is 0. The molecule has 0 aliphatic carbocycles. The fourth-order valence-corrected chi connectivity index (χ4v) is 3.35. The maximum absolute atomic E-state index is 13.7. The largest absolute Gasteiger partial charge is 0.457 e. The van der Waals surface area contributed by atoms with Gasteiger partial charge in [0.25, 0.3) is 0 Å². The van der Waals surface area contributed by atoms with E-state index in [1.807, 2.05) is 0 Å². The van der Waals surface area contributed by atoms with Crippen LogP contribution >= 0.6 is 0 Å². The van der Waals surface area contributed by atoms with E-state index in [2.05, 4.69) is 0 Å². The zero-order valence-corrected chi connectivity index (χ0v) is 18.5. The van der Waals surface area contributed by atoms with Gasteiger partial charge in [-0.3, -0.25) is 0 Å². The van der Waals surface area contributed by atoms with Gasteiger partial charge >= 0.3 is 12.4 Å². The summed E-state index contributed by atoms with van der Waals surface area (Å²) < 4.78 is 92.7. The summed E-state index contributed by atoms with van der Waals surface area (Å²) in [4.78, 5) is 0. The summed E-state index contributed by atoms with van der Waals surface area (Å²) in [6.45, 7) is 0. The first-order chi connectivity index (χ1) is 17.1. The van der Waals surface area contributed by atoms with E-state index >= 15 is 0 Å². The van der Waals surface area contributed by atoms with Crippen molar-refractivity contribution >= 4 is 12.2 Å². The van der Waals surface area contributed by atoms with E-state index in [1.54, 1.807) is 36.4 Å². The molecule has 0 saturated heterocycles. The molecule has 4 aromatic carbocycles. The summed E-state index contributed by atoms with van der Waals surface area (Å²) in [5.74, 6) is -0.284. The molecule has 4 aromatic rings. The Morgan fingerprint density at radius 2 is 0.833 bits per heavy atom. The molecule has 0 aliphatic heterocycles. The van der Waals surface area contributed by atoms with Gasteiger partial charge in [0.05, 0.1) is 11.1 Å². The lowest BCUT2D eigenvalue weighted by atomic mass is 10.1. The van der Waals surface area contributed by atoms with Gasteiger partial charge < -0.3 is 9.47 Å². The van der Waals surface area contributed by atoms with Crippen LogP contribution in [-0.4, -0.2) is 0 Å². The molecule has 0 radical (unpaired) electrons. The lowest BCUT2D eigenvalue weighted by molar-refractivity contribution is -0.139. The number of para-hydroxylation sites is 2. The Morgan fingerprint density at radius 3 is 1.17 bits per heavy atom. The quantitative estimate of drug-likeness (QED) is 0.194. The summed E-state index contributed by atoms with van der Waals surface area (Å²) >= 11 is 0. The van der Waals surface area contributed by atoms with Crippen LogP contribution in [0.2, 0.25) is 0 Å². The predicted molar refractivity (Wildman–Crippen MR) is 125 cm³/mol. The standard InChI is InChI=1S/C28H18F6O2/c29-27(30,31)23-17-19(13-15-25(23)35-21-7-3-1-4-8-21)11-12-20-14-16-26(24(18-20)28(32,33)34)36-22-9-5-2-6-10-22/h1-18H/b12-11+. The molecule has 36 heavy (non-hydrogen) atoms. The monoisotopic (exact) mass is 500 g/mol. The number of rotatable bonds is 6. The van der Waals surface area contributed by atoms with E-state index in [-0.39, 0.29) is 34.1 Å². The highest BCUT2D eigenvalue weighted by molar-refractivity contribution is 5.71. The zero-order valence-electron chi connectivity index (χ0n) is 18.5. The van der Waals surface area contributed by atoms with Gasteiger partial charge in [-0.2, -0.15) is 26.3 Å². The summed E-state index contributed by atoms with van der Waals surface area (Å²) in [6, 6.07) is 22.9. The van der Waals surface area contributed by atoms with E-state index < -0.39 is 23.5 Å². The highest BCUT2D eigenvalue weighted by Crippen LogP contribution is 2.40. The molecule has 0 aromatic heterocycles. The number of hydrogen-bond donors (Lipinski definition) is 0. The van der Waals surface area contributed by atoms with E-state index in [9.17, 15) is 26.3 Å². The molecule has 0 saturated carbocycles. The molecule has 0 heterocycles. The molecule has 0 bridgehead atoms. The van der Waals surface area contributed by atoms with E-state index in [4.69, 9.17) is 9.47 Å². The third-order valence-corrected chi connectivity index (χ3v) is 5.03. The second kappa shape index (κ2) is 10.2. The van der Waals surface area contributed by atoms with Crippen LogP contribution in [0.3, 0.4) is 0 Å². The van der Waals surface area contributed by atoms with Crippen LogP contribution in [0.25, 0.3) is 12.2 Å². The van der Waals surface area contributed by atoms with Crippen LogP contribution in [0.1, 0.15) is 22.3 Å². The van der Waals surface area contributed by atoms with Gasteiger partial charge in [-0.05, 0) is 59.7 Å². The first-order valence-corrected chi connectivity index (χ1v) is 10.7. The lowest BCUT2D eigenvalue weighted by Gasteiger charge is -2.15. The molecule has 0 atom stereocenters. The second-order valence-corrected chi connectivity index (χ2v) is 7.67. The van der Waals surface area contributed by atoms with Crippen molar-refractivity contribution in [2.45, 2.75) is 12.4 Å². The van der Waals surface area contributed by atoms with Crippen LogP contribution in [0, 0.1) is 0 Å². The fourth-order valence-electron chi connectivity index (χ4n) is 3.35. The normalized spacial score (nSPS) is 12.1. The third-order valence-electron chi connectivity index (χ3n) is 5.03. The minimum absolute atomic E-state index is 0.140. The molecule has 0 unspecified atom stereocenters. The lowest BCUT2D eigenvalue weighted by Crippen LogP contribution is -2.07. The van der Waals surface area contributed by atoms with Crippen molar-refractivity contribution in [3.05, 3.63) is 119 Å². The highest BCUT2D eigenvalue weighted by atomic mass is 19.4. The van der Waals surface area contributed by atoms with Crippen LogP contribution in [0.4, 0.5) is 26.3 Å². The molecule has 0 fully saturated rings. The summed E-state index contributed by atoms with van der Waals surface area (Å²) in [7, 11) is 0. The van der Waals surface area contributed by atoms with Gasteiger partial charge in [-0.25, -0.2) is 0 Å². The van der Waals surface area contributed by atoms with Crippen molar-refractivity contribution in [2.24, 2.45) is 0 Å². The second-order valence-electron chi connectivity index (χ2n) is 7.67. The van der Waals surface area contributed by atoms with Crippen molar-refractivity contribution in [2.75, 3.05) is 0 Å². The van der Waals surface area contributed by atoms with Gasteiger partial charge in [-0.1, -0.05) is 60.7 Å². The van der Waals surface area contributed by atoms with Gasteiger partial charge in [0.1, 0.15) is 23.0 Å². The topological polar surface area (TPSA) is 18.5 Å². The Labute approximate surface area is 203 Å². The predicted octanol–water partition coefficient (Wildman–Crippen LogP) is 9.48. The number of halogens is 6. The number of hydrogen-bond acceptors (Lipinski definition) is 2. The van der Waals surface area contributed by atoms with Crippen LogP contribution in [0.5, 0.6) is 23.0 Å². The SMILES string of the molecule is FC(F)(F)c1cc(/C=C/c2ccc(Oc3ccccc3)c(C(F)(F)F)c2)ccc1Oc1ccccc1. The van der Waals surface area contributed by atoms with Crippen LogP contribution in [0.15, 0.2) is 97.1 Å². The first-order valence-electron chi connectivity index (χ1n) is 10.7. The summed E-state index contributed by atoms with van der Waals surface area (Å²) in [5.41, 5.74) is -1.73. The van der Waals surface area contributed by atoms with Crippen molar-refractivity contribution in [3.8, 4) is 23.0 Å². The molecule has 184 valence electrons. The molecule has 8 heteroatoms. The summed E-state index contributed by atoms with van der Waals surface area (Å²) in [6.07, 6.45) is -6.80. The zero-order chi connectivity index (χ0) is 25.8. The molecular weight excluding hydrogens is 482 g/mol. The third kappa shape index (κ3) is 6.27. The van der Waals surface area contributed by atoms with Crippen LogP contribution < -0.4 is 9.47 Å². The minimum Gasteiger partial charge on any atom is -0.457 e. The molecule has 0 N–H and O–H groups in total. The maximum atomic E-state index is 13.7. The Morgan fingerprint density at radius 1 is 0.472 bits per heavy atom. The van der Waals surface area contributed by atoms with E-state index in [1.165, 1.54) is 60.7 Å². The van der Waals surface area contributed by atoms with Gasteiger partial charge in [0, 0.05) is 0 Å². The highest BCUT2D eigenvalue weighted by Gasteiger charge is 2.35. The molecular formula is C28H18F6O2. The molecule has 2 nitrogen and oxygen atoms in total. The Hall–Kier alpha value is -4.20. The van der Waals surface area contributed by atoms with E-state index in [0.29, 0.717) is 0 Å². The van der Waals surface area contributed by atoms with Crippen molar-refractivity contribution < 1.29 is 35.8 Å². The number of alkyl halides is 6. The van der Waals surface area contributed by atoms with Crippen molar-refractivity contribution in [1.82, 2.24) is 0 Å². The Balaban J connectivity index is 1.62. The molecule has 0 aliphatic rings. The van der Waals surface area contributed by atoms with Gasteiger partial charge in [0.2, 0.25) is 0 Å². The van der Waals surface area contributed by atoms with Crippen LogP contribution in [-0.2, 0) is 12.4 Å². The molecule has 0 amide bonds. The maximum Gasteiger partial charge on any atom is 0.420 e. The van der Waals surface area contributed by atoms with E-state index in [0.717, 1.165) is 12.1 Å². The minimum atomic E-state index is -4.70. The Bertz CT molecular complexity index is 1240. The van der Waals surface area contributed by atoms with Crippen molar-refractivity contribution in [3.63, 3.8) is 0 Å². The Kier molecular flexibility index (Phi) is 7.05.